The van der Waals surface area contributed by atoms with E-state index in [1.54, 1.807) is 30.3 Å². The van der Waals surface area contributed by atoms with E-state index in [4.69, 9.17) is 20.9 Å². The Bertz CT molecular complexity index is 1090. The van der Waals surface area contributed by atoms with E-state index >= 15 is 0 Å². The maximum absolute atomic E-state index is 14.9. The number of fused-ring (bicyclic) bond motifs is 1. The van der Waals surface area contributed by atoms with E-state index in [-0.39, 0.29) is 23.7 Å². The minimum absolute atomic E-state index is 0.0354. The third kappa shape index (κ3) is 5.18. The minimum Gasteiger partial charge on any atom is -0.442 e. The molecular weight excluding hydrogens is 437 g/mol. The van der Waals surface area contributed by atoms with Gasteiger partial charge >= 0.3 is 6.09 Å². The Morgan fingerprint density at radius 1 is 1.38 bits per heavy atom. The smallest absolute Gasteiger partial charge is 0.416 e. The lowest BCUT2D eigenvalue weighted by molar-refractivity contribution is 0.116. The van der Waals surface area contributed by atoms with Crippen LogP contribution >= 0.6 is 0 Å². The number of nitrogens with one attached hydrogen (secondary N) is 2. The molecule has 32 heavy (non-hydrogen) atoms. The molecule has 9 nitrogen and oxygen atoms in total. The molecule has 1 aliphatic heterocycles. The molecule has 0 saturated heterocycles. The fourth-order valence-electron chi connectivity index (χ4n) is 3.13. The van der Waals surface area contributed by atoms with Crippen molar-refractivity contribution in [3.63, 3.8) is 0 Å². The molecule has 1 amide bonds. The summed E-state index contributed by atoms with van der Waals surface area (Å²) < 4.78 is 42.5. The van der Waals surface area contributed by atoms with Crippen LogP contribution in [0.25, 0.3) is 0 Å². The van der Waals surface area contributed by atoms with Crippen molar-refractivity contribution in [3.8, 4) is 11.5 Å². The van der Waals surface area contributed by atoms with Gasteiger partial charge in [-0.3, -0.25) is 9.62 Å². The molecule has 0 saturated carbocycles. The first-order valence-corrected chi connectivity index (χ1v) is 10.8. The first-order chi connectivity index (χ1) is 15.3. The van der Waals surface area contributed by atoms with Crippen LogP contribution in [0.2, 0.25) is 0 Å². The predicted octanol–water partition coefficient (Wildman–Crippen LogP) is 2.76. The number of nitrogens with two attached hydrogens (primary N) is 2. The van der Waals surface area contributed by atoms with Gasteiger partial charge in [0.05, 0.1) is 18.3 Å². The zero-order chi connectivity index (χ0) is 23.3. The lowest BCUT2D eigenvalue weighted by Gasteiger charge is -2.34. The van der Waals surface area contributed by atoms with E-state index in [1.807, 2.05) is 6.92 Å². The minimum atomic E-state index is -1.64. The number of carbonyl (C=O) groups is 1. The van der Waals surface area contributed by atoms with Gasteiger partial charge in [0.15, 0.2) is 22.9 Å². The van der Waals surface area contributed by atoms with Gasteiger partial charge in [-0.25, -0.2) is 18.1 Å². The summed E-state index contributed by atoms with van der Waals surface area (Å²) in [7, 11) is 1.48. The largest absolute Gasteiger partial charge is 0.442 e. The van der Waals surface area contributed by atoms with E-state index in [0.29, 0.717) is 11.5 Å². The van der Waals surface area contributed by atoms with Gasteiger partial charge in [-0.15, -0.1) is 0 Å². The summed E-state index contributed by atoms with van der Waals surface area (Å²) >= 11 is -1.64. The van der Waals surface area contributed by atoms with Gasteiger partial charge in [-0.2, -0.15) is 0 Å². The molecule has 1 heterocycles. The second-order valence-electron chi connectivity index (χ2n) is 6.78. The van der Waals surface area contributed by atoms with Crippen LogP contribution in [0.4, 0.5) is 14.9 Å². The number of anilines is 1. The Kier molecular flexibility index (Phi) is 7.33. The van der Waals surface area contributed by atoms with Crippen LogP contribution in [0, 0.1) is 5.82 Å². The summed E-state index contributed by atoms with van der Waals surface area (Å²) in [5.41, 5.74) is 12.1. The molecule has 0 aliphatic carbocycles. The lowest BCUT2D eigenvalue weighted by atomic mass is 10.0. The third-order valence-corrected chi connectivity index (χ3v) is 5.53. The van der Waals surface area contributed by atoms with Crippen molar-refractivity contribution >= 4 is 23.0 Å². The number of benzene rings is 2. The molecule has 0 spiro atoms. The van der Waals surface area contributed by atoms with E-state index in [9.17, 15) is 13.4 Å². The zero-order valence-corrected chi connectivity index (χ0v) is 18.3. The van der Waals surface area contributed by atoms with Crippen LogP contribution in [0.3, 0.4) is 0 Å². The Labute approximate surface area is 187 Å². The zero-order valence-electron chi connectivity index (χ0n) is 17.5. The molecule has 0 fully saturated rings. The van der Waals surface area contributed by atoms with Crippen molar-refractivity contribution < 1.29 is 22.9 Å². The normalized spacial score (nSPS) is 17.1. The number of hydrogen-bond donors (Lipinski definition) is 4. The standard InChI is InChI=1S/C21H24FN5O4S/c1-13-16-9-8-15(30-19(24)7-4-10-23)11-18(16)31-21(28)27(13)12-14-5-3-6-17(20(14)22)26-32(29)25-2/h3-11,13,25-26H,12,23-24H2,1-2H3/b10-4-,19-7+. The number of hydrogen-bond acceptors (Lipinski definition) is 6. The van der Waals surface area contributed by atoms with Crippen LogP contribution in [-0.2, 0) is 17.7 Å². The quantitative estimate of drug-likeness (QED) is 0.353. The molecule has 0 bridgehead atoms. The molecule has 2 aromatic carbocycles. The Morgan fingerprint density at radius 2 is 2.16 bits per heavy atom. The third-order valence-electron chi connectivity index (χ3n) is 4.75. The predicted molar refractivity (Wildman–Crippen MR) is 120 cm³/mol. The second kappa shape index (κ2) is 10.2. The summed E-state index contributed by atoms with van der Waals surface area (Å²) in [4.78, 5) is 14.1. The Morgan fingerprint density at radius 3 is 2.88 bits per heavy atom. The van der Waals surface area contributed by atoms with E-state index in [2.05, 4.69) is 9.44 Å². The molecule has 0 radical (unpaired) electrons. The SMILES string of the molecule is CNS(=O)Nc1cccc(CN2C(=O)Oc3cc(O/C(N)=C/C=C\N)ccc3C2C)c1F. The number of amides is 1. The van der Waals surface area contributed by atoms with Gasteiger partial charge in [0.25, 0.3) is 0 Å². The first-order valence-electron chi connectivity index (χ1n) is 9.61. The molecule has 2 atom stereocenters. The van der Waals surface area contributed by atoms with Gasteiger partial charge in [0.1, 0.15) is 11.5 Å². The summed E-state index contributed by atoms with van der Waals surface area (Å²) in [6.07, 6.45) is 3.69. The molecule has 2 aromatic rings. The highest BCUT2D eigenvalue weighted by Gasteiger charge is 2.32. The molecule has 6 N–H and O–H groups in total. The van der Waals surface area contributed by atoms with Gasteiger partial charge in [-0.1, -0.05) is 12.1 Å². The molecule has 170 valence electrons. The average Bonchev–Trinajstić information content (AvgIpc) is 2.77. The van der Waals surface area contributed by atoms with Crippen molar-refractivity contribution in [1.82, 2.24) is 9.62 Å². The van der Waals surface area contributed by atoms with Crippen LogP contribution in [-0.4, -0.2) is 22.2 Å². The summed E-state index contributed by atoms with van der Waals surface area (Å²) in [5.74, 6) is 0.239. The number of halogens is 1. The highest BCUT2D eigenvalue weighted by Crippen LogP contribution is 2.38. The Hall–Kier alpha value is -3.57. The molecule has 2 unspecified atom stereocenters. The van der Waals surface area contributed by atoms with Crippen LogP contribution in [0.1, 0.15) is 24.1 Å². The number of allylic oxidation sites excluding steroid dienone is 2. The van der Waals surface area contributed by atoms with Crippen molar-refractivity contribution in [2.75, 3.05) is 11.8 Å². The summed E-state index contributed by atoms with van der Waals surface area (Å²) in [6.45, 7) is 1.78. The van der Waals surface area contributed by atoms with Crippen LogP contribution in [0.15, 0.2) is 60.6 Å². The second-order valence-corrected chi connectivity index (χ2v) is 7.93. The van der Waals surface area contributed by atoms with Crippen LogP contribution < -0.4 is 30.4 Å². The molecule has 3 rings (SSSR count). The fourth-order valence-corrected chi connectivity index (χ4v) is 3.59. The van der Waals surface area contributed by atoms with Gasteiger partial charge in [-0.05, 0) is 50.5 Å². The fraction of sp³-hybridized carbons (Fsp3) is 0.190. The highest BCUT2D eigenvalue weighted by atomic mass is 32.2. The number of carbonyl (C=O) groups excluding carboxylic acids is 1. The van der Waals surface area contributed by atoms with Crippen LogP contribution in [0.5, 0.6) is 11.5 Å². The van der Waals surface area contributed by atoms with E-state index < -0.39 is 29.1 Å². The monoisotopic (exact) mass is 461 g/mol. The van der Waals surface area contributed by atoms with Gasteiger partial charge < -0.3 is 20.9 Å². The van der Waals surface area contributed by atoms with Crippen molar-refractivity contribution in [1.29, 1.82) is 0 Å². The van der Waals surface area contributed by atoms with Crippen molar-refractivity contribution in [2.45, 2.75) is 19.5 Å². The topological polar surface area (TPSA) is 132 Å². The maximum atomic E-state index is 14.9. The molecule has 1 aliphatic rings. The maximum Gasteiger partial charge on any atom is 0.416 e. The molecule has 11 heteroatoms. The highest BCUT2D eigenvalue weighted by molar-refractivity contribution is 7.84. The molecule has 0 aromatic heterocycles. The van der Waals surface area contributed by atoms with Gasteiger partial charge in [0.2, 0.25) is 0 Å². The number of rotatable bonds is 8. The first kappa shape index (κ1) is 23.1. The number of nitrogens with zero attached hydrogens (tertiary/aromatic N) is 1. The van der Waals surface area contributed by atoms with E-state index in [0.717, 1.165) is 5.56 Å². The van der Waals surface area contributed by atoms with E-state index in [1.165, 1.54) is 36.4 Å². The summed E-state index contributed by atoms with van der Waals surface area (Å²) in [6, 6.07) is 9.25. The van der Waals surface area contributed by atoms with Crippen molar-refractivity contribution in [3.05, 3.63) is 77.6 Å². The Balaban J connectivity index is 1.81. The summed E-state index contributed by atoms with van der Waals surface area (Å²) in [5, 5.41) is 0. The lowest BCUT2D eigenvalue weighted by Crippen LogP contribution is -2.39. The van der Waals surface area contributed by atoms with Gasteiger partial charge in [0, 0.05) is 17.2 Å². The van der Waals surface area contributed by atoms with Crippen molar-refractivity contribution in [2.24, 2.45) is 11.5 Å². The number of ether oxygens (including phenoxy) is 2. The average molecular weight is 462 g/mol. The molecular formula is C21H24FN5O4S.